The van der Waals surface area contributed by atoms with Gasteiger partial charge < -0.3 is 4.90 Å². The molecule has 0 N–H and O–H groups in total. The molecular formula is C17H23N3O4S. The van der Waals surface area contributed by atoms with Gasteiger partial charge in [-0.05, 0) is 37.1 Å². The van der Waals surface area contributed by atoms with Gasteiger partial charge in [-0.25, -0.2) is 8.42 Å². The molecule has 0 aliphatic carbocycles. The van der Waals surface area contributed by atoms with E-state index in [0.717, 1.165) is 11.3 Å². The van der Waals surface area contributed by atoms with Crippen LogP contribution in [0.25, 0.3) is 0 Å². The number of fused-ring (bicyclic) bond motifs is 1. The summed E-state index contributed by atoms with van der Waals surface area (Å²) in [7, 11) is -3.55. The summed E-state index contributed by atoms with van der Waals surface area (Å²) in [4.78, 5) is 26.7. The quantitative estimate of drug-likeness (QED) is 0.776. The smallest absolute Gasteiger partial charge is 0.243 e. The van der Waals surface area contributed by atoms with E-state index in [-0.39, 0.29) is 16.6 Å². The number of benzene rings is 1. The van der Waals surface area contributed by atoms with Crippen LogP contribution in [0.15, 0.2) is 23.1 Å². The molecular weight excluding hydrogens is 342 g/mol. The summed E-state index contributed by atoms with van der Waals surface area (Å²) in [6, 6.07) is 5.00. The second-order valence-corrected chi connectivity index (χ2v) is 8.53. The highest BCUT2D eigenvalue weighted by Crippen LogP contribution is 2.31. The number of hydrogen-bond donors (Lipinski definition) is 0. The first-order valence-electron chi connectivity index (χ1n) is 8.42. The van der Waals surface area contributed by atoms with Crippen molar-refractivity contribution < 1.29 is 18.0 Å². The van der Waals surface area contributed by atoms with Crippen LogP contribution in [-0.2, 0) is 26.0 Å². The van der Waals surface area contributed by atoms with Gasteiger partial charge in [-0.2, -0.15) is 4.31 Å². The lowest BCUT2D eigenvalue weighted by molar-refractivity contribution is -0.118. The summed E-state index contributed by atoms with van der Waals surface area (Å²) >= 11 is 0. The van der Waals surface area contributed by atoms with Crippen molar-refractivity contribution in [2.24, 2.45) is 0 Å². The molecule has 136 valence electrons. The van der Waals surface area contributed by atoms with Crippen molar-refractivity contribution in [3.8, 4) is 0 Å². The third-order valence-electron chi connectivity index (χ3n) is 4.74. The Morgan fingerprint density at radius 1 is 1.04 bits per heavy atom. The van der Waals surface area contributed by atoms with Crippen molar-refractivity contribution >= 4 is 27.4 Å². The fourth-order valence-corrected chi connectivity index (χ4v) is 4.93. The highest BCUT2D eigenvalue weighted by atomic mass is 32.2. The minimum absolute atomic E-state index is 0.0315. The standard InChI is InChI=1S/C17H23N3O4S/c1-13(21)12-18-7-9-19(10-8-18)25(23,24)16-3-4-17-15(11-16)5-6-20(17)14(2)22/h3-4,11H,5-10,12H2,1-2H3. The molecule has 0 aromatic heterocycles. The number of Topliss-reactive ketones (excluding diaryl/α,β-unsaturated/α-hetero) is 1. The Bertz CT molecular complexity index is 798. The molecule has 0 saturated carbocycles. The molecule has 2 aliphatic heterocycles. The first-order valence-corrected chi connectivity index (χ1v) is 9.86. The number of piperazine rings is 1. The maximum absolute atomic E-state index is 12.9. The molecule has 7 nitrogen and oxygen atoms in total. The first-order chi connectivity index (χ1) is 11.8. The molecule has 8 heteroatoms. The van der Waals surface area contributed by atoms with Crippen molar-refractivity contribution in [2.45, 2.75) is 25.2 Å². The van der Waals surface area contributed by atoms with E-state index >= 15 is 0 Å². The Balaban J connectivity index is 1.76. The number of rotatable bonds is 4. The fraction of sp³-hybridized carbons (Fsp3) is 0.529. The third kappa shape index (κ3) is 3.61. The number of hydrogen-bond acceptors (Lipinski definition) is 5. The minimum atomic E-state index is -3.55. The summed E-state index contributed by atoms with van der Waals surface area (Å²) < 4.78 is 27.3. The normalized spacial score (nSPS) is 19.0. The number of sulfonamides is 1. The molecule has 0 unspecified atom stereocenters. The second kappa shape index (κ2) is 6.86. The molecule has 1 amide bonds. The molecule has 0 radical (unpaired) electrons. The van der Waals surface area contributed by atoms with Crippen molar-refractivity contribution in [1.29, 1.82) is 0 Å². The van der Waals surface area contributed by atoms with Crippen molar-refractivity contribution in [2.75, 3.05) is 44.2 Å². The van der Waals surface area contributed by atoms with Gasteiger partial charge in [0.15, 0.2) is 0 Å². The minimum Gasteiger partial charge on any atom is -0.312 e. The number of ketones is 1. The van der Waals surface area contributed by atoms with Crippen molar-refractivity contribution in [1.82, 2.24) is 9.21 Å². The zero-order valence-corrected chi connectivity index (χ0v) is 15.4. The van der Waals surface area contributed by atoms with E-state index in [1.54, 1.807) is 23.1 Å². The molecule has 2 heterocycles. The number of nitrogens with zero attached hydrogens (tertiary/aromatic N) is 3. The van der Waals surface area contributed by atoms with Gasteiger partial charge in [0.2, 0.25) is 15.9 Å². The predicted octanol–water partition coefficient (Wildman–Crippen LogP) is 0.491. The Morgan fingerprint density at radius 2 is 1.72 bits per heavy atom. The fourth-order valence-electron chi connectivity index (χ4n) is 3.46. The second-order valence-electron chi connectivity index (χ2n) is 6.59. The maximum atomic E-state index is 12.9. The average molecular weight is 365 g/mol. The molecule has 0 bridgehead atoms. The lowest BCUT2D eigenvalue weighted by Gasteiger charge is -2.33. The molecule has 1 fully saturated rings. The zero-order chi connectivity index (χ0) is 18.2. The largest absolute Gasteiger partial charge is 0.312 e. The zero-order valence-electron chi connectivity index (χ0n) is 14.6. The maximum Gasteiger partial charge on any atom is 0.243 e. The van der Waals surface area contributed by atoms with Crippen LogP contribution >= 0.6 is 0 Å². The molecule has 0 spiro atoms. The van der Waals surface area contributed by atoms with E-state index in [2.05, 4.69) is 0 Å². The van der Waals surface area contributed by atoms with Crippen molar-refractivity contribution in [3.63, 3.8) is 0 Å². The number of carbonyl (C=O) groups is 2. The molecule has 2 aliphatic rings. The van der Waals surface area contributed by atoms with Gasteiger partial charge in [0.25, 0.3) is 0 Å². The monoisotopic (exact) mass is 365 g/mol. The Hall–Kier alpha value is -1.77. The van der Waals surface area contributed by atoms with Gasteiger partial charge in [0.1, 0.15) is 5.78 Å². The van der Waals surface area contributed by atoms with Crippen LogP contribution in [0.2, 0.25) is 0 Å². The van der Waals surface area contributed by atoms with Crippen LogP contribution in [0.3, 0.4) is 0 Å². The Labute approximate surface area is 148 Å². The first kappa shape index (κ1) is 18.0. The van der Waals surface area contributed by atoms with Crippen LogP contribution in [-0.4, -0.2) is 68.6 Å². The van der Waals surface area contributed by atoms with Crippen LogP contribution in [0, 0.1) is 0 Å². The molecule has 1 saturated heterocycles. The summed E-state index contributed by atoms with van der Waals surface area (Å²) in [5.41, 5.74) is 1.70. The molecule has 25 heavy (non-hydrogen) atoms. The third-order valence-corrected chi connectivity index (χ3v) is 6.64. The van der Waals surface area contributed by atoms with E-state index in [1.807, 2.05) is 4.90 Å². The number of amides is 1. The van der Waals surface area contributed by atoms with E-state index in [9.17, 15) is 18.0 Å². The van der Waals surface area contributed by atoms with E-state index in [1.165, 1.54) is 18.2 Å². The molecule has 3 rings (SSSR count). The van der Waals surface area contributed by atoms with Crippen LogP contribution in [0.5, 0.6) is 0 Å². The van der Waals surface area contributed by atoms with Crippen LogP contribution < -0.4 is 4.90 Å². The van der Waals surface area contributed by atoms with Gasteiger partial charge in [-0.1, -0.05) is 0 Å². The predicted molar refractivity (Wildman–Crippen MR) is 94.1 cm³/mol. The van der Waals surface area contributed by atoms with Gasteiger partial charge in [-0.3, -0.25) is 14.5 Å². The van der Waals surface area contributed by atoms with E-state index in [0.29, 0.717) is 45.7 Å². The summed E-state index contributed by atoms with van der Waals surface area (Å²) in [5, 5.41) is 0. The SMILES string of the molecule is CC(=O)CN1CCN(S(=O)(=O)c2ccc3c(c2)CCN3C(C)=O)CC1. The van der Waals surface area contributed by atoms with Gasteiger partial charge in [0, 0.05) is 45.3 Å². The van der Waals surface area contributed by atoms with Gasteiger partial charge in [0.05, 0.1) is 11.4 Å². The van der Waals surface area contributed by atoms with Crippen LogP contribution in [0.1, 0.15) is 19.4 Å². The van der Waals surface area contributed by atoms with Crippen molar-refractivity contribution in [3.05, 3.63) is 23.8 Å². The number of carbonyl (C=O) groups excluding carboxylic acids is 2. The number of anilines is 1. The lowest BCUT2D eigenvalue weighted by atomic mass is 10.2. The summed E-state index contributed by atoms with van der Waals surface area (Å²) in [5.74, 6) is 0.0564. The highest BCUT2D eigenvalue weighted by Gasteiger charge is 2.30. The van der Waals surface area contributed by atoms with E-state index in [4.69, 9.17) is 0 Å². The van der Waals surface area contributed by atoms with Gasteiger partial charge in [-0.15, -0.1) is 0 Å². The average Bonchev–Trinajstić information content (AvgIpc) is 2.98. The Morgan fingerprint density at radius 3 is 2.32 bits per heavy atom. The van der Waals surface area contributed by atoms with Gasteiger partial charge >= 0.3 is 0 Å². The molecule has 1 aromatic carbocycles. The van der Waals surface area contributed by atoms with Crippen LogP contribution in [0.4, 0.5) is 5.69 Å². The lowest BCUT2D eigenvalue weighted by Crippen LogP contribution is -2.49. The summed E-state index contributed by atoms with van der Waals surface area (Å²) in [6.45, 7) is 5.89. The Kier molecular flexibility index (Phi) is 4.95. The highest BCUT2D eigenvalue weighted by molar-refractivity contribution is 7.89. The van der Waals surface area contributed by atoms with E-state index < -0.39 is 10.0 Å². The summed E-state index contributed by atoms with van der Waals surface area (Å²) in [6.07, 6.45) is 0.671. The molecule has 1 aromatic rings. The topological polar surface area (TPSA) is 78.0 Å². The molecule has 0 atom stereocenters.